The van der Waals surface area contributed by atoms with Gasteiger partial charge in [-0.1, -0.05) is 30.3 Å². The largest absolute Gasteiger partial charge is 0.372 e. The van der Waals surface area contributed by atoms with E-state index in [2.05, 4.69) is 51.7 Å². The summed E-state index contributed by atoms with van der Waals surface area (Å²) in [6.07, 6.45) is 0.979. The molecule has 2 aromatic carbocycles. The molecule has 0 unspecified atom stereocenters. The highest BCUT2D eigenvalue weighted by molar-refractivity contribution is 7.89. The van der Waals surface area contributed by atoms with Crippen LogP contribution in [-0.4, -0.2) is 41.1 Å². The molecular weight excluding hydrogens is 374 g/mol. The minimum atomic E-state index is -3.66. The Morgan fingerprint density at radius 3 is 2.32 bits per heavy atom. The van der Waals surface area contributed by atoms with E-state index in [4.69, 9.17) is 5.14 Å². The Morgan fingerprint density at radius 1 is 1.07 bits per heavy atom. The standard InChI is InChI=1S/C20H29N5O2S/c1-3-25(18-8-5-4-6-9-18)15-7-14-23-20(22-2)24-16-17-10-12-19(13-11-17)28(21,26)27/h4-6,8-13H,3,7,14-16H2,1-2H3,(H2,21,26,27)(H2,22,23,24). The molecule has 0 spiro atoms. The van der Waals surface area contributed by atoms with E-state index in [1.54, 1.807) is 19.2 Å². The Hall–Kier alpha value is -2.58. The molecule has 28 heavy (non-hydrogen) atoms. The van der Waals surface area contributed by atoms with Crippen LogP contribution in [0.5, 0.6) is 0 Å². The molecule has 0 aliphatic carbocycles. The van der Waals surface area contributed by atoms with Crippen LogP contribution in [0, 0.1) is 0 Å². The fourth-order valence-electron chi connectivity index (χ4n) is 2.79. The topological polar surface area (TPSA) is 99.8 Å². The lowest BCUT2D eigenvalue weighted by atomic mass is 10.2. The van der Waals surface area contributed by atoms with Gasteiger partial charge in [-0.2, -0.15) is 0 Å². The van der Waals surface area contributed by atoms with Gasteiger partial charge in [0, 0.05) is 38.9 Å². The van der Waals surface area contributed by atoms with Crippen LogP contribution in [0.1, 0.15) is 18.9 Å². The van der Waals surface area contributed by atoms with Crippen LogP contribution in [-0.2, 0) is 16.6 Å². The van der Waals surface area contributed by atoms with Gasteiger partial charge in [0.25, 0.3) is 0 Å². The van der Waals surface area contributed by atoms with Gasteiger partial charge in [-0.25, -0.2) is 13.6 Å². The summed E-state index contributed by atoms with van der Waals surface area (Å²) in [5, 5.41) is 11.6. The average Bonchev–Trinajstić information content (AvgIpc) is 2.70. The predicted octanol–water partition coefficient (Wildman–Crippen LogP) is 1.92. The highest BCUT2D eigenvalue weighted by atomic mass is 32.2. The first-order valence-electron chi connectivity index (χ1n) is 9.30. The average molecular weight is 404 g/mol. The highest BCUT2D eigenvalue weighted by Gasteiger charge is 2.07. The zero-order chi connectivity index (χ0) is 20.4. The Balaban J connectivity index is 1.75. The van der Waals surface area contributed by atoms with E-state index in [1.807, 2.05) is 6.07 Å². The molecule has 0 fully saturated rings. The molecule has 0 aliphatic rings. The molecule has 7 nitrogen and oxygen atoms in total. The van der Waals surface area contributed by atoms with Crippen molar-refractivity contribution in [3.63, 3.8) is 0 Å². The molecule has 2 rings (SSSR count). The Kier molecular flexibility index (Phi) is 8.28. The van der Waals surface area contributed by atoms with Crippen LogP contribution < -0.4 is 20.7 Å². The van der Waals surface area contributed by atoms with Crippen molar-refractivity contribution in [2.75, 3.05) is 31.6 Å². The van der Waals surface area contributed by atoms with Gasteiger partial charge in [-0.05, 0) is 43.2 Å². The van der Waals surface area contributed by atoms with Crippen molar-refractivity contribution >= 4 is 21.7 Å². The first-order chi connectivity index (χ1) is 13.4. The van der Waals surface area contributed by atoms with Gasteiger partial charge in [0.1, 0.15) is 0 Å². The Morgan fingerprint density at radius 2 is 1.75 bits per heavy atom. The molecule has 152 valence electrons. The summed E-state index contributed by atoms with van der Waals surface area (Å²) in [6.45, 7) is 5.41. The fourth-order valence-corrected chi connectivity index (χ4v) is 3.30. The van der Waals surface area contributed by atoms with Crippen molar-refractivity contribution in [1.29, 1.82) is 0 Å². The lowest BCUT2D eigenvalue weighted by Gasteiger charge is -2.23. The predicted molar refractivity (Wildman–Crippen MR) is 115 cm³/mol. The van der Waals surface area contributed by atoms with Crippen LogP contribution in [0.4, 0.5) is 5.69 Å². The van der Waals surface area contributed by atoms with Crippen molar-refractivity contribution < 1.29 is 8.42 Å². The molecule has 0 heterocycles. The smallest absolute Gasteiger partial charge is 0.238 e. The van der Waals surface area contributed by atoms with E-state index in [1.165, 1.54) is 17.8 Å². The Labute approximate surface area is 167 Å². The van der Waals surface area contributed by atoms with Crippen molar-refractivity contribution in [2.45, 2.75) is 24.8 Å². The molecule has 0 atom stereocenters. The zero-order valence-electron chi connectivity index (χ0n) is 16.4. The van der Waals surface area contributed by atoms with E-state index in [-0.39, 0.29) is 4.90 Å². The Bertz CT molecular complexity index is 852. The van der Waals surface area contributed by atoms with Crippen LogP contribution >= 0.6 is 0 Å². The van der Waals surface area contributed by atoms with E-state index < -0.39 is 10.0 Å². The normalized spacial score (nSPS) is 11.9. The van der Waals surface area contributed by atoms with E-state index >= 15 is 0 Å². The van der Waals surface area contributed by atoms with E-state index in [0.717, 1.165) is 31.6 Å². The lowest BCUT2D eigenvalue weighted by molar-refractivity contribution is 0.597. The quantitative estimate of drug-likeness (QED) is 0.337. The molecule has 0 radical (unpaired) electrons. The van der Waals surface area contributed by atoms with Gasteiger partial charge in [-0.15, -0.1) is 0 Å². The number of guanidine groups is 1. The number of primary sulfonamides is 1. The molecule has 0 amide bonds. The molecular formula is C20H29N5O2S. The van der Waals surface area contributed by atoms with Crippen LogP contribution in [0.2, 0.25) is 0 Å². The van der Waals surface area contributed by atoms with Gasteiger partial charge < -0.3 is 15.5 Å². The summed E-state index contributed by atoms with van der Waals surface area (Å²) in [5.74, 6) is 0.707. The summed E-state index contributed by atoms with van der Waals surface area (Å²) < 4.78 is 22.6. The lowest BCUT2D eigenvalue weighted by Crippen LogP contribution is -2.38. The third kappa shape index (κ3) is 6.86. The number of hydrogen-bond donors (Lipinski definition) is 3. The van der Waals surface area contributed by atoms with E-state index in [0.29, 0.717) is 12.5 Å². The second-order valence-corrected chi connectivity index (χ2v) is 7.87. The molecule has 0 saturated carbocycles. The minimum absolute atomic E-state index is 0.109. The van der Waals surface area contributed by atoms with Gasteiger partial charge in [0.05, 0.1) is 4.90 Å². The maximum atomic E-state index is 11.3. The maximum absolute atomic E-state index is 11.3. The van der Waals surface area contributed by atoms with Gasteiger partial charge in [0.15, 0.2) is 5.96 Å². The van der Waals surface area contributed by atoms with Crippen molar-refractivity contribution in [3.8, 4) is 0 Å². The monoisotopic (exact) mass is 403 g/mol. The number of hydrogen-bond acceptors (Lipinski definition) is 4. The minimum Gasteiger partial charge on any atom is -0.372 e. The summed E-state index contributed by atoms with van der Waals surface area (Å²) in [5.41, 5.74) is 2.17. The van der Waals surface area contributed by atoms with E-state index in [9.17, 15) is 8.42 Å². The SMILES string of the molecule is CCN(CCCNC(=NC)NCc1ccc(S(N)(=O)=O)cc1)c1ccccc1. The second kappa shape index (κ2) is 10.7. The highest BCUT2D eigenvalue weighted by Crippen LogP contribution is 2.12. The maximum Gasteiger partial charge on any atom is 0.238 e. The number of aliphatic imine (C=N–C) groups is 1. The van der Waals surface area contributed by atoms with Gasteiger partial charge in [0.2, 0.25) is 10.0 Å². The number of sulfonamides is 1. The van der Waals surface area contributed by atoms with Gasteiger partial charge >= 0.3 is 0 Å². The number of nitrogens with one attached hydrogen (secondary N) is 2. The van der Waals surface area contributed by atoms with Crippen LogP contribution in [0.25, 0.3) is 0 Å². The summed E-state index contributed by atoms with van der Waals surface area (Å²) in [4.78, 5) is 6.67. The number of nitrogens with two attached hydrogens (primary N) is 1. The van der Waals surface area contributed by atoms with Gasteiger partial charge in [-0.3, -0.25) is 4.99 Å². The summed E-state index contributed by atoms with van der Waals surface area (Å²) in [6, 6.07) is 16.9. The fraction of sp³-hybridized carbons (Fsp3) is 0.350. The van der Waals surface area contributed by atoms with Crippen molar-refractivity contribution in [1.82, 2.24) is 10.6 Å². The zero-order valence-corrected chi connectivity index (χ0v) is 17.2. The molecule has 8 heteroatoms. The number of benzene rings is 2. The molecule has 2 aromatic rings. The third-order valence-corrected chi connectivity index (χ3v) is 5.26. The van der Waals surface area contributed by atoms with Crippen LogP contribution in [0.3, 0.4) is 0 Å². The molecule has 0 saturated heterocycles. The summed E-state index contributed by atoms with van der Waals surface area (Å²) in [7, 11) is -1.94. The molecule has 0 aliphatic heterocycles. The second-order valence-electron chi connectivity index (χ2n) is 6.31. The number of para-hydroxylation sites is 1. The number of anilines is 1. The molecule has 0 aromatic heterocycles. The first-order valence-corrected chi connectivity index (χ1v) is 10.8. The molecule has 4 N–H and O–H groups in total. The first kappa shape index (κ1) is 21.7. The number of nitrogens with zero attached hydrogens (tertiary/aromatic N) is 2. The summed E-state index contributed by atoms with van der Waals surface area (Å²) >= 11 is 0. The van der Waals surface area contributed by atoms with Crippen LogP contribution in [0.15, 0.2) is 64.5 Å². The number of rotatable bonds is 9. The third-order valence-electron chi connectivity index (χ3n) is 4.34. The van der Waals surface area contributed by atoms with Crippen molar-refractivity contribution in [3.05, 3.63) is 60.2 Å². The molecule has 0 bridgehead atoms. The van der Waals surface area contributed by atoms with Crippen molar-refractivity contribution in [2.24, 2.45) is 10.1 Å².